The maximum atomic E-state index is 13.1. The Morgan fingerprint density at radius 1 is 1.19 bits per heavy atom. The number of carbonyl (C=O) groups is 1. The minimum absolute atomic E-state index is 0.0927. The molecule has 1 N–H and O–H groups in total. The van der Waals surface area contributed by atoms with Gasteiger partial charge in [0.15, 0.2) is 0 Å². The van der Waals surface area contributed by atoms with Gasteiger partial charge in [-0.1, -0.05) is 6.07 Å². The highest BCUT2D eigenvalue weighted by Gasteiger charge is 2.32. The molecule has 0 bridgehead atoms. The van der Waals surface area contributed by atoms with E-state index in [0.29, 0.717) is 30.1 Å². The van der Waals surface area contributed by atoms with Crippen molar-refractivity contribution in [1.82, 2.24) is 4.31 Å². The molecule has 6 nitrogen and oxygen atoms in total. The van der Waals surface area contributed by atoms with Crippen LogP contribution >= 0.6 is 0 Å². The second kappa shape index (κ2) is 9.27. The topological polar surface area (TPSA) is 70.1 Å². The van der Waals surface area contributed by atoms with E-state index in [9.17, 15) is 22.2 Å². The molecule has 0 amide bonds. The van der Waals surface area contributed by atoms with Gasteiger partial charge in [-0.05, 0) is 61.4 Å². The van der Waals surface area contributed by atoms with Crippen molar-refractivity contribution in [3.05, 3.63) is 53.6 Å². The number of alkyl halides is 3. The Hall–Kier alpha value is -2.59. The summed E-state index contributed by atoms with van der Waals surface area (Å²) in [5.74, 6) is -1.22. The second-order valence-corrected chi connectivity index (χ2v) is 8.82. The maximum absolute atomic E-state index is 13.1. The Labute approximate surface area is 180 Å². The lowest BCUT2D eigenvalue weighted by atomic mass is 10.1. The molecule has 1 heterocycles. The summed E-state index contributed by atoms with van der Waals surface area (Å²) in [6.45, 7) is 5.31. The summed E-state index contributed by atoms with van der Waals surface area (Å²) in [6, 6.07) is 10.8. The molecule has 1 aliphatic rings. The highest BCUT2D eigenvalue weighted by Crippen LogP contribution is 2.27. The lowest BCUT2D eigenvalue weighted by Crippen LogP contribution is -2.52. The summed E-state index contributed by atoms with van der Waals surface area (Å²) in [7, 11) is -1.45. The molecule has 2 aromatic rings. The van der Waals surface area contributed by atoms with Crippen LogP contribution < -0.4 is 9.64 Å². The summed E-state index contributed by atoms with van der Waals surface area (Å²) in [6.07, 6.45) is -4.86. The third-order valence-electron chi connectivity index (χ3n) is 5.08. The van der Waals surface area contributed by atoms with E-state index in [4.69, 9.17) is 5.11 Å². The first-order valence-corrected chi connectivity index (χ1v) is 10.7. The number of carboxylic acids is 1. The molecule has 0 saturated carbocycles. The molecule has 0 spiro atoms. The van der Waals surface area contributed by atoms with Gasteiger partial charge in [-0.25, -0.2) is 8.51 Å². The molecule has 1 unspecified atom stereocenters. The molecule has 168 valence electrons. The van der Waals surface area contributed by atoms with E-state index in [1.54, 1.807) is 30.3 Å². The number of piperazine rings is 1. The minimum atomic E-state index is -4.73. The number of aryl methyl sites for hydroxylation is 1. The quantitative estimate of drug-likeness (QED) is 0.717. The van der Waals surface area contributed by atoms with Crippen molar-refractivity contribution in [3.8, 4) is 5.75 Å². The maximum Gasteiger partial charge on any atom is 0.573 e. The molecule has 31 heavy (non-hydrogen) atoms. The first-order valence-electron chi connectivity index (χ1n) is 9.64. The Morgan fingerprint density at radius 2 is 1.87 bits per heavy atom. The van der Waals surface area contributed by atoms with Crippen LogP contribution in [0, 0.1) is 6.92 Å². The van der Waals surface area contributed by atoms with Crippen molar-refractivity contribution in [3.63, 3.8) is 0 Å². The van der Waals surface area contributed by atoms with Gasteiger partial charge in [-0.15, -0.1) is 13.2 Å². The fraction of sp³-hybridized carbons (Fsp3) is 0.381. The Balaban J connectivity index is 1.67. The van der Waals surface area contributed by atoms with Gasteiger partial charge in [-0.3, -0.25) is 4.79 Å². The number of aliphatic carboxylic acids is 1. The normalized spacial score (nSPS) is 18.6. The molecule has 0 aromatic heterocycles. The van der Waals surface area contributed by atoms with E-state index in [0.717, 1.165) is 11.3 Å². The molecule has 1 fully saturated rings. The van der Waals surface area contributed by atoms with Crippen LogP contribution in [0.5, 0.6) is 5.75 Å². The van der Waals surface area contributed by atoms with Crippen LogP contribution in [0.1, 0.15) is 18.1 Å². The predicted molar refractivity (Wildman–Crippen MR) is 110 cm³/mol. The van der Waals surface area contributed by atoms with Gasteiger partial charge >= 0.3 is 12.3 Å². The minimum Gasteiger partial charge on any atom is -0.481 e. The number of halogens is 3. The van der Waals surface area contributed by atoms with Gasteiger partial charge in [0.25, 0.3) is 0 Å². The Kier molecular flexibility index (Phi) is 6.90. The van der Waals surface area contributed by atoms with E-state index in [1.807, 2.05) is 23.1 Å². The summed E-state index contributed by atoms with van der Waals surface area (Å²) < 4.78 is 55.8. The van der Waals surface area contributed by atoms with E-state index in [2.05, 4.69) is 4.74 Å². The predicted octanol–water partition coefficient (Wildman–Crippen LogP) is 3.75. The molecular weight excluding hydrogens is 433 g/mol. The SMILES string of the molecule is Cc1ccc(S(=O)N2CCN(c3ccc(OC(F)(F)F)cc3)C[C@H]2C)cc1CC(=O)O. The number of carboxylic acid groups (broad SMARTS) is 1. The van der Waals surface area contributed by atoms with Crippen LogP contribution in [-0.4, -0.2) is 51.6 Å². The van der Waals surface area contributed by atoms with Crippen LogP contribution in [0.4, 0.5) is 18.9 Å². The summed E-state index contributed by atoms with van der Waals surface area (Å²) in [5.41, 5.74) is 2.22. The zero-order valence-electron chi connectivity index (χ0n) is 17.1. The van der Waals surface area contributed by atoms with Crippen molar-refractivity contribution < 1.29 is 32.0 Å². The molecule has 2 atom stereocenters. The number of rotatable bonds is 6. The average molecular weight is 456 g/mol. The fourth-order valence-electron chi connectivity index (χ4n) is 3.53. The van der Waals surface area contributed by atoms with Gasteiger partial charge in [0.05, 0.1) is 11.3 Å². The molecule has 1 saturated heterocycles. The molecule has 2 aromatic carbocycles. The zero-order valence-corrected chi connectivity index (χ0v) is 17.9. The van der Waals surface area contributed by atoms with E-state index < -0.39 is 23.3 Å². The highest BCUT2D eigenvalue weighted by molar-refractivity contribution is 7.82. The summed E-state index contributed by atoms with van der Waals surface area (Å²) in [4.78, 5) is 13.6. The number of ether oxygens (including phenoxy) is 1. The lowest BCUT2D eigenvalue weighted by Gasteiger charge is -2.40. The first-order chi connectivity index (χ1) is 14.5. The van der Waals surface area contributed by atoms with Crippen LogP contribution in [0.25, 0.3) is 0 Å². The molecule has 1 aliphatic heterocycles. The number of benzene rings is 2. The summed E-state index contributed by atoms with van der Waals surface area (Å²) in [5, 5.41) is 9.07. The van der Waals surface area contributed by atoms with Crippen LogP contribution in [0.2, 0.25) is 0 Å². The van der Waals surface area contributed by atoms with Crippen molar-refractivity contribution in [2.75, 3.05) is 24.5 Å². The fourth-order valence-corrected chi connectivity index (χ4v) is 4.86. The second-order valence-electron chi connectivity index (χ2n) is 7.39. The third kappa shape index (κ3) is 5.98. The van der Waals surface area contributed by atoms with E-state index >= 15 is 0 Å². The average Bonchev–Trinajstić information content (AvgIpc) is 2.68. The molecular formula is C21H23F3N2O4S. The van der Waals surface area contributed by atoms with E-state index in [-0.39, 0.29) is 18.2 Å². The third-order valence-corrected chi connectivity index (χ3v) is 6.70. The zero-order chi connectivity index (χ0) is 22.8. The number of anilines is 1. The number of nitrogens with zero attached hydrogens (tertiary/aromatic N) is 2. The van der Waals surface area contributed by atoms with Gasteiger partial charge in [0, 0.05) is 31.4 Å². The molecule has 0 aliphatic carbocycles. The van der Waals surface area contributed by atoms with Crippen LogP contribution in [-0.2, 0) is 22.2 Å². The van der Waals surface area contributed by atoms with E-state index in [1.165, 1.54) is 12.1 Å². The Bertz CT molecular complexity index is 966. The first kappa shape index (κ1) is 23.1. The smallest absolute Gasteiger partial charge is 0.481 e. The van der Waals surface area contributed by atoms with Crippen molar-refractivity contribution in [2.45, 2.75) is 37.6 Å². The number of hydrogen-bond acceptors (Lipinski definition) is 4. The van der Waals surface area contributed by atoms with Crippen molar-refractivity contribution in [2.24, 2.45) is 0 Å². The van der Waals surface area contributed by atoms with Gasteiger partial charge < -0.3 is 14.7 Å². The van der Waals surface area contributed by atoms with Gasteiger partial charge in [-0.2, -0.15) is 0 Å². The Morgan fingerprint density at radius 3 is 2.45 bits per heavy atom. The summed E-state index contributed by atoms with van der Waals surface area (Å²) >= 11 is 0. The largest absolute Gasteiger partial charge is 0.573 e. The lowest BCUT2D eigenvalue weighted by molar-refractivity contribution is -0.274. The van der Waals surface area contributed by atoms with Crippen LogP contribution in [0.3, 0.4) is 0 Å². The van der Waals surface area contributed by atoms with Crippen molar-refractivity contribution in [1.29, 1.82) is 0 Å². The van der Waals surface area contributed by atoms with Crippen molar-refractivity contribution >= 4 is 22.6 Å². The molecule has 0 radical (unpaired) electrons. The number of hydrogen-bond donors (Lipinski definition) is 1. The molecule has 3 rings (SSSR count). The monoisotopic (exact) mass is 456 g/mol. The molecule has 10 heteroatoms. The standard InChI is InChI=1S/C21H23F3N2O4S/c1-14-3-8-19(11-16(14)12-20(27)28)31(29)26-10-9-25(13-15(26)2)17-4-6-18(7-5-17)30-21(22,23)24/h3-8,11,15H,9-10,12-13H2,1-2H3,(H,27,28)/t15-,31?/m1/s1. The van der Waals surface area contributed by atoms with Gasteiger partial charge in [0.1, 0.15) is 16.7 Å². The van der Waals surface area contributed by atoms with Crippen LogP contribution in [0.15, 0.2) is 47.4 Å². The highest BCUT2D eigenvalue weighted by atomic mass is 32.2. The van der Waals surface area contributed by atoms with Gasteiger partial charge in [0.2, 0.25) is 0 Å².